The summed E-state index contributed by atoms with van der Waals surface area (Å²) in [6.07, 6.45) is 0. The lowest BCUT2D eigenvalue weighted by Crippen LogP contribution is -2.15. The van der Waals surface area contributed by atoms with Crippen molar-refractivity contribution < 1.29 is 10.2 Å². The number of aromatic hydroxyl groups is 1. The van der Waals surface area contributed by atoms with E-state index in [0.29, 0.717) is 15.1 Å². The molecule has 0 amide bonds. The number of phenolic OH excluding ortho intramolecular Hbond substituents is 1. The highest BCUT2D eigenvalue weighted by atomic mass is 79.9. The van der Waals surface area contributed by atoms with Gasteiger partial charge in [-0.3, -0.25) is 0 Å². The summed E-state index contributed by atoms with van der Waals surface area (Å²) in [6.45, 7) is -0.260. The van der Waals surface area contributed by atoms with Gasteiger partial charge in [0.1, 0.15) is 5.75 Å². The molecule has 0 spiro atoms. The van der Waals surface area contributed by atoms with E-state index in [1.54, 1.807) is 12.1 Å². The van der Waals surface area contributed by atoms with E-state index < -0.39 is 6.04 Å². The zero-order valence-corrected chi connectivity index (χ0v) is 9.01. The average molecular weight is 267 g/mol. The molecule has 0 radical (unpaired) electrons. The first-order valence-corrected chi connectivity index (χ1v) is 4.78. The van der Waals surface area contributed by atoms with Gasteiger partial charge in [-0.1, -0.05) is 11.6 Å². The van der Waals surface area contributed by atoms with E-state index in [-0.39, 0.29) is 12.4 Å². The largest absolute Gasteiger partial charge is 0.506 e. The summed E-state index contributed by atoms with van der Waals surface area (Å²) in [4.78, 5) is 0. The van der Waals surface area contributed by atoms with Crippen LogP contribution in [0.25, 0.3) is 0 Å². The number of hydrogen-bond acceptors (Lipinski definition) is 3. The van der Waals surface area contributed by atoms with Gasteiger partial charge in [-0.25, -0.2) is 0 Å². The van der Waals surface area contributed by atoms with E-state index in [1.807, 2.05) is 0 Å². The Hall–Kier alpha value is -0.290. The Bertz CT molecular complexity index is 319. The minimum absolute atomic E-state index is 0.0194. The van der Waals surface area contributed by atoms with Crippen LogP contribution < -0.4 is 5.73 Å². The molecule has 1 rings (SSSR count). The molecule has 0 saturated heterocycles. The number of phenols is 1. The molecule has 0 saturated carbocycles. The van der Waals surface area contributed by atoms with Crippen molar-refractivity contribution in [3.05, 3.63) is 27.2 Å². The first kappa shape index (κ1) is 10.8. The number of nitrogens with two attached hydrogens (primary N) is 1. The molecule has 0 aliphatic carbocycles. The Morgan fingerprint density at radius 1 is 1.54 bits per heavy atom. The van der Waals surface area contributed by atoms with Crippen LogP contribution in [0.4, 0.5) is 0 Å². The highest BCUT2D eigenvalue weighted by Crippen LogP contribution is 2.36. The summed E-state index contributed by atoms with van der Waals surface area (Å²) in [6, 6.07) is 2.56. The first-order valence-electron chi connectivity index (χ1n) is 3.61. The van der Waals surface area contributed by atoms with Gasteiger partial charge in [0, 0.05) is 10.6 Å². The fraction of sp³-hybridized carbons (Fsp3) is 0.250. The molecule has 13 heavy (non-hydrogen) atoms. The number of rotatable bonds is 2. The lowest BCUT2D eigenvalue weighted by molar-refractivity contribution is 0.265. The highest BCUT2D eigenvalue weighted by molar-refractivity contribution is 9.10. The van der Waals surface area contributed by atoms with Gasteiger partial charge in [-0.05, 0) is 28.1 Å². The molecule has 1 atom stereocenters. The third-order valence-corrected chi connectivity index (χ3v) is 2.65. The van der Waals surface area contributed by atoms with Crippen LogP contribution >= 0.6 is 27.5 Å². The first-order chi connectivity index (χ1) is 6.07. The fourth-order valence-corrected chi connectivity index (χ4v) is 1.64. The zero-order valence-electron chi connectivity index (χ0n) is 6.67. The van der Waals surface area contributed by atoms with Gasteiger partial charge in [-0.15, -0.1) is 0 Å². The molecule has 1 aromatic carbocycles. The minimum Gasteiger partial charge on any atom is -0.506 e. The molecule has 5 heteroatoms. The van der Waals surface area contributed by atoms with Gasteiger partial charge in [0.2, 0.25) is 0 Å². The maximum Gasteiger partial charge on any atom is 0.136 e. The summed E-state index contributed by atoms with van der Waals surface area (Å²) in [5, 5.41) is 18.7. The molecule has 0 aliphatic heterocycles. The molecule has 4 N–H and O–H groups in total. The predicted molar refractivity (Wildman–Crippen MR) is 54.8 cm³/mol. The molecule has 0 aromatic heterocycles. The quantitative estimate of drug-likeness (QED) is 0.765. The van der Waals surface area contributed by atoms with Crippen molar-refractivity contribution in [1.82, 2.24) is 0 Å². The maximum absolute atomic E-state index is 9.56. The van der Waals surface area contributed by atoms with Crippen LogP contribution in [-0.4, -0.2) is 16.8 Å². The van der Waals surface area contributed by atoms with Crippen LogP contribution in [0.3, 0.4) is 0 Å². The van der Waals surface area contributed by atoms with Crippen LogP contribution in [0.1, 0.15) is 11.6 Å². The third kappa shape index (κ3) is 2.14. The highest BCUT2D eigenvalue weighted by Gasteiger charge is 2.16. The number of hydrogen-bond donors (Lipinski definition) is 3. The van der Waals surface area contributed by atoms with Crippen LogP contribution in [0.2, 0.25) is 5.02 Å². The lowest BCUT2D eigenvalue weighted by Gasteiger charge is -2.13. The zero-order chi connectivity index (χ0) is 10.0. The second-order valence-electron chi connectivity index (χ2n) is 2.58. The minimum atomic E-state index is -0.662. The molecular weight excluding hydrogens is 257 g/mol. The van der Waals surface area contributed by atoms with Crippen molar-refractivity contribution in [3.63, 3.8) is 0 Å². The average Bonchev–Trinajstić information content (AvgIpc) is 2.12. The fourth-order valence-electron chi connectivity index (χ4n) is 1.00. The maximum atomic E-state index is 9.56. The Morgan fingerprint density at radius 2 is 2.15 bits per heavy atom. The van der Waals surface area contributed by atoms with E-state index >= 15 is 0 Å². The Morgan fingerprint density at radius 3 is 2.69 bits per heavy atom. The third-order valence-electron chi connectivity index (χ3n) is 1.68. The number of benzene rings is 1. The molecule has 0 heterocycles. The topological polar surface area (TPSA) is 66.5 Å². The van der Waals surface area contributed by atoms with Crippen LogP contribution in [0.15, 0.2) is 16.6 Å². The Balaban J connectivity index is 3.25. The van der Waals surface area contributed by atoms with E-state index in [4.69, 9.17) is 22.4 Å². The molecule has 0 fully saturated rings. The summed E-state index contributed by atoms with van der Waals surface area (Å²) >= 11 is 8.94. The second kappa shape index (κ2) is 4.28. The summed E-state index contributed by atoms with van der Waals surface area (Å²) in [7, 11) is 0. The Kier molecular flexibility index (Phi) is 3.55. The summed E-state index contributed by atoms with van der Waals surface area (Å²) in [5.41, 5.74) is 5.91. The molecule has 0 unspecified atom stereocenters. The van der Waals surface area contributed by atoms with Crippen molar-refractivity contribution in [1.29, 1.82) is 0 Å². The summed E-state index contributed by atoms with van der Waals surface area (Å²) < 4.78 is 0.510. The van der Waals surface area contributed by atoms with Gasteiger partial charge in [0.25, 0.3) is 0 Å². The van der Waals surface area contributed by atoms with Crippen LogP contribution in [0, 0.1) is 0 Å². The number of aliphatic hydroxyl groups is 1. The van der Waals surface area contributed by atoms with Gasteiger partial charge < -0.3 is 15.9 Å². The van der Waals surface area contributed by atoms with Gasteiger partial charge in [-0.2, -0.15) is 0 Å². The van der Waals surface area contributed by atoms with Crippen LogP contribution in [-0.2, 0) is 0 Å². The van der Waals surface area contributed by atoms with E-state index in [2.05, 4.69) is 15.9 Å². The number of aliphatic hydroxyl groups excluding tert-OH is 1. The van der Waals surface area contributed by atoms with Gasteiger partial charge >= 0.3 is 0 Å². The number of halogens is 2. The smallest absolute Gasteiger partial charge is 0.136 e. The van der Waals surface area contributed by atoms with E-state index in [9.17, 15) is 5.11 Å². The van der Waals surface area contributed by atoms with Crippen molar-refractivity contribution in [2.45, 2.75) is 6.04 Å². The lowest BCUT2D eigenvalue weighted by atomic mass is 10.1. The van der Waals surface area contributed by atoms with E-state index in [0.717, 1.165) is 0 Å². The predicted octanol–water partition coefficient (Wildman–Crippen LogP) is 1.80. The Labute approximate surface area is 89.3 Å². The summed E-state index contributed by atoms with van der Waals surface area (Å²) in [5.74, 6) is -0.0194. The molecular formula is C8H9BrClNO2. The molecule has 3 nitrogen and oxygen atoms in total. The van der Waals surface area contributed by atoms with Gasteiger partial charge in [0.05, 0.1) is 17.1 Å². The monoisotopic (exact) mass is 265 g/mol. The van der Waals surface area contributed by atoms with Crippen molar-refractivity contribution in [2.75, 3.05) is 6.61 Å². The SMILES string of the molecule is N[C@@H](CO)c1c(Cl)ccc(Br)c1O. The standard InChI is InChI=1S/C8H9BrClNO2/c9-4-1-2-5(10)7(8(4)13)6(11)3-12/h1-2,6,12-13H,3,11H2/t6-/m0/s1. The van der Waals surface area contributed by atoms with Gasteiger partial charge in [0.15, 0.2) is 0 Å². The molecule has 0 aliphatic rings. The van der Waals surface area contributed by atoms with Crippen molar-refractivity contribution >= 4 is 27.5 Å². The second-order valence-corrected chi connectivity index (χ2v) is 3.84. The van der Waals surface area contributed by atoms with Crippen LogP contribution in [0.5, 0.6) is 5.75 Å². The van der Waals surface area contributed by atoms with Crippen molar-refractivity contribution in [2.24, 2.45) is 5.73 Å². The normalized spacial score (nSPS) is 12.9. The van der Waals surface area contributed by atoms with Crippen molar-refractivity contribution in [3.8, 4) is 5.75 Å². The molecule has 1 aromatic rings. The molecule has 72 valence electrons. The molecule has 0 bridgehead atoms. The van der Waals surface area contributed by atoms with E-state index in [1.165, 1.54) is 0 Å².